The summed E-state index contributed by atoms with van der Waals surface area (Å²) in [6.45, 7) is 7.17. The van der Waals surface area contributed by atoms with Crippen molar-refractivity contribution in [3.8, 4) is 0 Å². The van der Waals surface area contributed by atoms with Gasteiger partial charge in [0.1, 0.15) is 6.04 Å². The van der Waals surface area contributed by atoms with Crippen LogP contribution in [0.1, 0.15) is 61.6 Å². The highest BCUT2D eigenvalue weighted by Gasteiger charge is 2.48. The number of hydrogen-bond acceptors (Lipinski definition) is 5. The third-order valence-electron chi connectivity index (χ3n) is 10.6. The van der Waals surface area contributed by atoms with E-state index in [9.17, 15) is 14.4 Å². The lowest BCUT2D eigenvalue weighted by atomic mass is 9.73. The maximum absolute atomic E-state index is 14.3. The molecular formula is C37H50N6O4. The number of H-pyrrole nitrogens is 1. The predicted molar refractivity (Wildman–Crippen MR) is 183 cm³/mol. The molecule has 3 N–H and O–H groups in total. The molecule has 252 valence electrons. The van der Waals surface area contributed by atoms with Crippen molar-refractivity contribution in [3.63, 3.8) is 0 Å². The first-order valence-corrected chi connectivity index (χ1v) is 17.3. The van der Waals surface area contributed by atoms with Crippen LogP contribution in [0, 0.1) is 0 Å². The van der Waals surface area contributed by atoms with Gasteiger partial charge in [0.05, 0.1) is 12.5 Å². The Balaban J connectivity index is 1.15. The van der Waals surface area contributed by atoms with Crippen LogP contribution in [0.15, 0.2) is 54.7 Å². The molecule has 3 aromatic rings. The maximum Gasteiger partial charge on any atom is 0.315 e. The number of hydrogen-bond donors (Lipinski definition) is 3. The van der Waals surface area contributed by atoms with Crippen LogP contribution >= 0.6 is 0 Å². The number of rotatable bonds is 10. The van der Waals surface area contributed by atoms with Gasteiger partial charge in [0.25, 0.3) is 0 Å². The van der Waals surface area contributed by atoms with E-state index in [1.54, 1.807) is 4.90 Å². The molecule has 6 rings (SSSR count). The van der Waals surface area contributed by atoms with E-state index < -0.39 is 6.04 Å². The fraction of sp³-hybridized carbons (Fsp3) is 0.541. The van der Waals surface area contributed by atoms with Gasteiger partial charge in [0.2, 0.25) is 11.8 Å². The minimum atomic E-state index is -0.708. The summed E-state index contributed by atoms with van der Waals surface area (Å²) in [4.78, 5) is 50.2. The van der Waals surface area contributed by atoms with Crippen LogP contribution in [0.5, 0.6) is 0 Å². The minimum absolute atomic E-state index is 0.0179. The summed E-state index contributed by atoms with van der Waals surface area (Å²) in [5, 5.41) is 7.32. The Bertz CT molecular complexity index is 1560. The Morgan fingerprint density at radius 3 is 2.62 bits per heavy atom. The number of amides is 4. The van der Waals surface area contributed by atoms with E-state index in [4.69, 9.17) is 4.74 Å². The van der Waals surface area contributed by atoms with Gasteiger partial charge in [-0.25, -0.2) is 4.79 Å². The number of urea groups is 1. The highest BCUT2D eigenvalue weighted by molar-refractivity contribution is 5.90. The van der Waals surface area contributed by atoms with Gasteiger partial charge in [-0.1, -0.05) is 42.5 Å². The topological polar surface area (TPSA) is 110 Å². The lowest BCUT2D eigenvalue weighted by Crippen LogP contribution is -2.57. The monoisotopic (exact) mass is 642 g/mol. The molecule has 3 unspecified atom stereocenters. The number of aromatic amines is 1. The van der Waals surface area contributed by atoms with Crippen LogP contribution in [0.4, 0.5) is 4.79 Å². The third kappa shape index (κ3) is 7.18. The summed E-state index contributed by atoms with van der Waals surface area (Å²) < 4.78 is 5.54. The van der Waals surface area contributed by atoms with Crippen LogP contribution in [0.25, 0.3) is 10.9 Å². The number of fused-ring (bicyclic) bond motifs is 3. The van der Waals surface area contributed by atoms with Crippen LogP contribution < -0.4 is 10.6 Å². The molecule has 0 saturated carbocycles. The summed E-state index contributed by atoms with van der Waals surface area (Å²) in [5.41, 5.74) is 4.26. The summed E-state index contributed by atoms with van der Waals surface area (Å²) in [6, 6.07) is 15.4. The van der Waals surface area contributed by atoms with Gasteiger partial charge in [0.15, 0.2) is 0 Å². The Labute approximate surface area is 278 Å². The molecule has 10 nitrogen and oxygen atoms in total. The Kier molecular flexibility index (Phi) is 10.2. The Morgan fingerprint density at radius 1 is 1.06 bits per heavy atom. The Morgan fingerprint density at radius 2 is 1.83 bits per heavy atom. The lowest BCUT2D eigenvalue weighted by molar-refractivity contribution is -0.135. The van der Waals surface area contributed by atoms with E-state index in [1.165, 1.54) is 5.56 Å². The molecular weight excluding hydrogens is 592 g/mol. The molecule has 47 heavy (non-hydrogen) atoms. The number of benzene rings is 2. The fourth-order valence-electron chi connectivity index (χ4n) is 8.10. The quantitative estimate of drug-likeness (QED) is 0.290. The standard InChI is InChI=1S/C37H50N6O4/c1-4-47-21-20-42-17-9-10-27(25-42)39-36(46)40-33(22-26-24-38-32-14-8-6-11-28(26)32)35(45)43-18-15-37(16-19-43)23-30(34(44)41(2)3)29-12-5-7-13-31(29)37/h5-8,11-14,24,27,30,33,38H,4,9-10,15-23,25H2,1-3H3,(H2,39,40,46). The van der Waals surface area contributed by atoms with Gasteiger partial charge in [-0.3, -0.25) is 14.5 Å². The minimum Gasteiger partial charge on any atom is -0.380 e. The Hall–Kier alpha value is -3.89. The smallest absolute Gasteiger partial charge is 0.315 e. The second-order valence-corrected chi connectivity index (χ2v) is 13.8. The summed E-state index contributed by atoms with van der Waals surface area (Å²) in [6.07, 6.45) is 6.61. The van der Waals surface area contributed by atoms with Crippen molar-refractivity contribution >= 4 is 28.7 Å². The SMILES string of the molecule is CCOCCN1CCCC(NC(=O)NC(Cc2c[nH]c3ccccc23)C(=O)N2CCC3(CC2)CC(C(=O)N(C)C)c2ccccc23)C1. The molecule has 4 amide bonds. The van der Waals surface area contributed by atoms with E-state index in [0.717, 1.165) is 73.8 Å². The van der Waals surface area contributed by atoms with Crippen molar-refractivity contribution in [2.45, 2.75) is 68.9 Å². The van der Waals surface area contributed by atoms with Crippen LogP contribution in [0.2, 0.25) is 0 Å². The number of likely N-dealkylation sites (tertiary alicyclic amines) is 2. The average molecular weight is 643 g/mol. The first kappa shape index (κ1) is 33.0. The molecule has 1 aromatic heterocycles. The maximum atomic E-state index is 14.3. The summed E-state index contributed by atoms with van der Waals surface area (Å²) in [7, 11) is 3.64. The summed E-state index contributed by atoms with van der Waals surface area (Å²) >= 11 is 0. The molecule has 2 aromatic carbocycles. The zero-order valence-electron chi connectivity index (χ0n) is 28.1. The van der Waals surface area contributed by atoms with Gasteiger partial charge >= 0.3 is 6.03 Å². The van der Waals surface area contributed by atoms with Crippen molar-refractivity contribution < 1.29 is 19.1 Å². The molecule has 1 spiro atoms. The molecule has 0 bridgehead atoms. The molecule has 2 aliphatic heterocycles. The van der Waals surface area contributed by atoms with Crippen molar-refractivity contribution in [2.24, 2.45) is 0 Å². The predicted octanol–water partition coefficient (Wildman–Crippen LogP) is 4.02. The average Bonchev–Trinajstić information content (AvgIpc) is 3.63. The zero-order chi connectivity index (χ0) is 33.0. The van der Waals surface area contributed by atoms with E-state index in [1.807, 2.05) is 56.4 Å². The van der Waals surface area contributed by atoms with Crippen molar-refractivity contribution in [3.05, 3.63) is 71.4 Å². The second-order valence-electron chi connectivity index (χ2n) is 13.8. The van der Waals surface area contributed by atoms with Crippen LogP contribution in [-0.4, -0.2) is 110 Å². The molecule has 3 heterocycles. The van der Waals surface area contributed by atoms with E-state index in [-0.39, 0.29) is 35.2 Å². The number of para-hydroxylation sites is 1. The van der Waals surface area contributed by atoms with E-state index >= 15 is 0 Å². The first-order valence-electron chi connectivity index (χ1n) is 17.3. The van der Waals surface area contributed by atoms with Gasteiger partial charge in [-0.15, -0.1) is 0 Å². The number of nitrogens with zero attached hydrogens (tertiary/aromatic N) is 3. The second kappa shape index (κ2) is 14.5. The fourth-order valence-corrected chi connectivity index (χ4v) is 8.10. The third-order valence-corrected chi connectivity index (χ3v) is 10.6. The van der Waals surface area contributed by atoms with E-state index in [0.29, 0.717) is 32.7 Å². The molecule has 2 fully saturated rings. The number of aromatic nitrogens is 1. The van der Waals surface area contributed by atoms with Crippen molar-refractivity contribution in [1.29, 1.82) is 0 Å². The van der Waals surface area contributed by atoms with Crippen LogP contribution in [0.3, 0.4) is 0 Å². The molecule has 2 saturated heterocycles. The molecule has 0 radical (unpaired) electrons. The van der Waals surface area contributed by atoms with Gasteiger partial charge in [-0.05, 0) is 68.3 Å². The largest absolute Gasteiger partial charge is 0.380 e. The van der Waals surface area contributed by atoms with E-state index in [2.05, 4.69) is 44.8 Å². The molecule has 10 heteroatoms. The lowest BCUT2D eigenvalue weighted by Gasteiger charge is -2.41. The molecule has 1 aliphatic carbocycles. The number of likely N-dealkylation sites (N-methyl/N-ethyl adjacent to an activating group) is 1. The number of piperidine rings is 2. The normalized spacial score (nSPS) is 21.4. The summed E-state index contributed by atoms with van der Waals surface area (Å²) in [5.74, 6) is -0.0787. The highest BCUT2D eigenvalue weighted by Crippen LogP contribution is 2.52. The van der Waals surface area contributed by atoms with Crippen molar-refractivity contribution in [1.82, 2.24) is 30.3 Å². The van der Waals surface area contributed by atoms with Crippen molar-refractivity contribution in [2.75, 3.05) is 60.0 Å². The number of carbonyl (C=O) groups excluding carboxylic acids is 3. The van der Waals surface area contributed by atoms with Gasteiger partial charge in [0, 0.05) is 81.9 Å². The molecule has 3 atom stereocenters. The molecule has 3 aliphatic rings. The van der Waals surface area contributed by atoms with Gasteiger partial charge in [-0.2, -0.15) is 0 Å². The zero-order valence-corrected chi connectivity index (χ0v) is 28.1. The van der Waals surface area contributed by atoms with Crippen LogP contribution in [-0.2, 0) is 26.2 Å². The number of ether oxygens (including phenoxy) is 1. The highest BCUT2D eigenvalue weighted by atomic mass is 16.5. The first-order chi connectivity index (χ1) is 22.8. The number of nitrogens with one attached hydrogen (secondary N) is 3. The number of carbonyl (C=O) groups is 3. The van der Waals surface area contributed by atoms with Gasteiger partial charge < -0.3 is 30.2 Å².